The summed E-state index contributed by atoms with van der Waals surface area (Å²) in [7, 11) is 0. The molecule has 1 aliphatic carbocycles. The molecule has 2 atom stereocenters. The minimum atomic E-state index is -0.219. The second kappa shape index (κ2) is 4.06. The number of aliphatic hydroxyl groups excluding tert-OH is 1. The summed E-state index contributed by atoms with van der Waals surface area (Å²) in [6, 6.07) is 0. The number of hydrogen-bond acceptors (Lipinski definition) is 3. The molecule has 0 bridgehead atoms. The molecule has 1 fully saturated rings. The first-order valence-electron chi connectivity index (χ1n) is 6.33. The number of thiazole rings is 1. The van der Waals surface area contributed by atoms with Crippen molar-refractivity contribution >= 4 is 11.3 Å². The number of rotatable bonds is 3. The van der Waals surface area contributed by atoms with Crippen LogP contribution in [0.4, 0.5) is 0 Å². The molecular weight excluding hydrogens is 230 g/mol. The van der Waals surface area contributed by atoms with Crippen LogP contribution in [-0.4, -0.2) is 16.2 Å². The zero-order valence-corrected chi connectivity index (χ0v) is 12.3. The highest BCUT2D eigenvalue weighted by atomic mass is 32.1. The molecule has 0 spiro atoms. The Kier molecular flexibility index (Phi) is 3.11. The molecule has 1 heterocycles. The van der Waals surface area contributed by atoms with Crippen LogP contribution in [-0.2, 0) is 11.8 Å². The fourth-order valence-electron chi connectivity index (χ4n) is 2.24. The van der Waals surface area contributed by atoms with Gasteiger partial charge in [-0.15, -0.1) is 11.3 Å². The normalized spacial score (nSPS) is 24.7. The van der Waals surface area contributed by atoms with Gasteiger partial charge in [0.05, 0.1) is 16.8 Å². The van der Waals surface area contributed by atoms with Crippen LogP contribution >= 0.6 is 11.3 Å². The Labute approximate surface area is 108 Å². The van der Waals surface area contributed by atoms with E-state index in [1.165, 1.54) is 0 Å². The highest BCUT2D eigenvalue weighted by molar-refractivity contribution is 7.09. The third kappa shape index (κ3) is 2.89. The van der Waals surface area contributed by atoms with E-state index >= 15 is 0 Å². The van der Waals surface area contributed by atoms with Gasteiger partial charge in [0, 0.05) is 17.2 Å². The lowest BCUT2D eigenvalue weighted by molar-refractivity contribution is 0.136. The second-order valence-electron chi connectivity index (χ2n) is 6.95. The molecule has 0 aromatic carbocycles. The lowest BCUT2D eigenvalue weighted by Crippen LogP contribution is -2.17. The Bertz CT molecular complexity index is 403. The van der Waals surface area contributed by atoms with E-state index in [0.29, 0.717) is 11.3 Å². The van der Waals surface area contributed by atoms with Crippen molar-refractivity contribution in [2.24, 2.45) is 11.3 Å². The van der Waals surface area contributed by atoms with Crippen molar-refractivity contribution in [2.45, 2.75) is 59.0 Å². The maximum absolute atomic E-state index is 10.2. The third-order valence-corrected chi connectivity index (χ3v) is 4.63. The smallest absolute Gasteiger partial charge is 0.0954 e. The van der Waals surface area contributed by atoms with Crippen LogP contribution in [0.5, 0.6) is 0 Å². The predicted molar refractivity (Wildman–Crippen MR) is 72.4 cm³/mol. The summed E-state index contributed by atoms with van der Waals surface area (Å²) in [6.07, 6.45) is 1.64. The van der Waals surface area contributed by atoms with Crippen molar-refractivity contribution < 1.29 is 5.11 Å². The van der Waals surface area contributed by atoms with Gasteiger partial charge < -0.3 is 5.11 Å². The maximum atomic E-state index is 10.2. The van der Waals surface area contributed by atoms with Gasteiger partial charge in [0.2, 0.25) is 0 Å². The lowest BCUT2D eigenvalue weighted by Gasteiger charge is -2.14. The first kappa shape index (κ1) is 13.0. The Hall–Kier alpha value is -0.410. The van der Waals surface area contributed by atoms with E-state index in [4.69, 9.17) is 0 Å². The number of hydrogen-bond donors (Lipinski definition) is 1. The van der Waals surface area contributed by atoms with Crippen LogP contribution < -0.4 is 0 Å². The fraction of sp³-hybridized carbons (Fsp3) is 0.786. The molecule has 2 rings (SSSR count). The first-order valence-corrected chi connectivity index (χ1v) is 7.21. The minimum Gasteiger partial charge on any atom is -0.392 e. The van der Waals surface area contributed by atoms with Crippen molar-refractivity contribution in [3.8, 4) is 0 Å². The number of aliphatic hydroxyl groups is 1. The third-order valence-electron chi connectivity index (χ3n) is 3.76. The molecule has 1 aromatic heterocycles. The second-order valence-corrected chi connectivity index (χ2v) is 7.89. The molecule has 1 aliphatic rings. The molecule has 2 unspecified atom stereocenters. The van der Waals surface area contributed by atoms with Crippen LogP contribution in [0, 0.1) is 11.3 Å². The van der Waals surface area contributed by atoms with E-state index < -0.39 is 0 Å². The van der Waals surface area contributed by atoms with Crippen LogP contribution in [0.2, 0.25) is 0 Å². The zero-order chi connectivity index (χ0) is 12.8. The summed E-state index contributed by atoms with van der Waals surface area (Å²) >= 11 is 1.68. The van der Waals surface area contributed by atoms with E-state index in [1.54, 1.807) is 11.3 Å². The average Bonchev–Trinajstić information content (AvgIpc) is 2.60. The summed E-state index contributed by atoms with van der Waals surface area (Å²) in [5.74, 6) is 0.462. The summed E-state index contributed by atoms with van der Waals surface area (Å²) in [6.45, 7) is 11.0. The first-order chi connectivity index (χ1) is 7.70. The molecule has 96 valence electrons. The Morgan fingerprint density at radius 2 is 2.12 bits per heavy atom. The quantitative estimate of drug-likeness (QED) is 0.895. The summed E-state index contributed by atoms with van der Waals surface area (Å²) in [5, 5.41) is 13.4. The van der Waals surface area contributed by atoms with Gasteiger partial charge in [0.1, 0.15) is 0 Å². The van der Waals surface area contributed by atoms with E-state index in [0.717, 1.165) is 23.5 Å². The molecule has 3 heteroatoms. The molecule has 0 saturated heterocycles. The molecule has 17 heavy (non-hydrogen) atoms. The van der Waals surface area contributed by atoms with E-state index in [-0.39, 0.29) is 11.5 Å². The molecule has 0 aliphatic heterocycles. The lowest BCUT2D eigenvalue weighted by atomic mass is 9.93. The van der Waals surface area contributed by atoms with Gasteiger partial charge in [-0.25, -0.2) is 4.98 Å². The largest absolute Gasteiger partial charge is 0.392 e. The van der Waals surface area contributed by atoms with Gasteiger partial charge in [0.25, 0.3) is 0 Å². The molecule has 1 aromatic rings. The van der Waals surface area contributed by atoms with E-state index in [2.05, 4.69) is 45.0 Å². The molecular formula is C14H23NOS. The molecule has 1 N–H and O–H groups in total. The summed E-state index contributed by atoms with van der Waals surface area (Å²) < 4.78 is 0. The topological polar surface area (TPSA) is 33.1 Å². The van der Waals surface area contributed by atoms with Gasteiger partial charge in [-0.05, 0) is 17.8 Å². The minimum absolute atomic E-state index is 0.110. The van der Waals surface area contributed by atoms with Crippen molar-refractivity contribution in [2.75, 3.05) is 0 Å². The Morgan fingerprint density at radius 1 is 1.53 bits per heavy atom. The fourth-order valence-corrected chi connectivity index (χ4v) is 3.31. The highest BCUT2D eigenvalue weighted by Gasteiger charge is 2.49. The van der Waals surface area contributed by atoms with E-state index in [1.807, 2.05) is 0 Å². The zero-order valence-electron chi connectivity index (χ0n) is 11.4. The summed E-state index contributed by atoms with van der Waals surface area (Å²) in [5.41, 5.74) is 1.59. The Balaban J connectivity index is 1.98. The van der Waals surface area contributed by atoms with Gasteiger partial charge in [0.15, 0.2) is 0 Å². The van der Waals surface area contributed by atoms with Crippen molar-refractivity contribution in [3.05, 3.63) is 16.1 Å². The van der Waals surface area contributed by atoms with Crippen LogP contribution in [0.25, 0.3) is 0 Å². The van der Waals surface area contributed by atoms with Crippen LogP contribution in [0.3, 0.4) is 0 Å². The molecule has 2 nitrogen and oxygen atoms in total. The van der Waals surface area contributed by atoms with E-state index in [9.17, 15) is 5.11 Å². The number of nitrogens with zero attached hydrogens (tertiary/aromatic N) is 1. The van der Waals surface area contributed by atoms with Gasteiger partial charge in [-0.3, -0.25) is 0 Å². The van der Waals surface area contributed by atoms with Gasteiger partial charge in [-0.1, -0.05) is 34.6 Å². The standard InChI is InChI=1S/C14H23NOS/c1-13(2,3)11-8-17-12(15-11)6-10(16)9-7-14(9,4)5/h8-10,16H,6-7H2,1-5H3. The monoisotopic (exact) mass is 253 g/mol. The summed E-state index contributed by atoms with van der Waals surface area (Å²) in [4.78, 5) is 4.64. The van der Waals surface area contributed by atoms with Crippen molar-refractivity contribution in [1.29, 1.82) is 0 Å². The maximum Gasteiger partial charge on any atom is 0.0954 e. The highest BCUT2D eigenvalue weighted by Crippen LogP contribution is 2.54. The van der Waals surface area contributed by atoms with Crippen molar-refractivity contribution in [3.63, 3.8) is 0 Å². The number of aromatic nitrogens is 1. The van der Waals surface area contributed by atoms with Crippen molar-refractivity contribution in [1.82, 2.24) is 4.98 Å². The molecule has 0 amide bonds. The predicted octanol–water partition coefficient (Wildman–Crippen LogP) is 3.39. The SMILES string of the molecule is CC(C)(C)c1csc(CC(O)C2CC2(C)C)n1. The average molecular weight is 253 g/mol. The Morgan fingerprint density at radius 3 is 2.53 bits per heavy atom. The van der Waals surface area contributed by atoms with Crippen LogP contribution in [0.15, 0.2) is 5.38 Å². The molecule has 1 saturated carbocycles. The van der Waals surface area contributed by atoms with Gasteiger partial charge >= 0.3 is 0 Å². The van der Waals surface area contributed by atoms with Gasteiger partial charge in [-0.2, -0.15) is 0 Å². The van der Waals surface area contributed by atoms with Crippen LogP contribution in [0.1, 0.15) is 51.7 Å². The molecule has 0 radical (unpaired) electrons.